The number of halogens is 1. The number of carbonyl (C=O) groups excluding carboxylic acids is 2. The fraction of sp³-hybridized carbons (Fsp3) is 0.391. The molecule has 4 fully saturated rings. The van der Waals surface area contributed by atoms with Crippen molar-refractivity contribution in [2.24, 2.45) is 0 Å². The number of aromatic amines is 2. The van der Waals surface area contributed by atoms with Gasteiger partial charge in [-0.3, -0.25) is 48.0 Å². The number of amides is 2. The van der Waals surface area contributed by atoms with Gasteiger partial charge in [-0.15, -0.1) is 11.6 Å². The molecule has 9 atom stereocenters. The van der Waals surface area contributed by atoms with E-state index in [0.717, 1.165) is 24.8 Å². The van der Waals surface area contributed by atoms with Gasteiger partial charge < -0.3 is 39.0 Å². The first kappa shape index (κ1) is 47.6. The molecule has 0 spiro atoms. The highest BCUT2D eigenvalue weighted by atomic mass is 35.5. The Morgan fingerprint density at radius 3 is 1.52 bits per heavy atom. The van der Waals surface area contributed by atoms with E-state index >= 15 is 0 Å². The number of rotatable bonds is 11. The summed E-state index contributed by atoms with van der Waals surface area (Å²) in [6.07, 6.45) is -6.31. The molecular weight excluding hydrogens is 928 g/mol. The van der Waals surface area contributed by atoms with Crippen LogP contribution >= 0.6 is 11.6 Å². The molecule has 4 bridgehead atoms. The maximum Gasteiger partial charge on any atom is 0.330 e. The molecule has 3 aromatic carbocycles. The zero-order valence-electron chi connectivity index (χ0n) is 39.9. The number of methoxy groups -OCH3 is 2. The summed E-state index contributed by atoms with van der Waals surface area (Å²) in [5.74, 6) is -0.181. The zero-order valence-corrected chi connectivity index (χ0v) is 38.7. The summed E-state index contributed by atoms with van der Waals surface area (Å²) in [7, 11) is 5.87. The summed E-state index contributed by atoms with van der Waals surface area (Å²) in [6.45, 7) is 1.80. The van der Waals surface area contributed by atoms with E-state index in [4.69, 9.17) is 36.1 Å². The van der Waals surface area contributed by atoms with Gasteiger partial charge >= 0.3 is 11.4 Å². The Bertz CT molecular complexity index is 2930. The van der Waals surface area contributed by atoms with Crippen LogP contribution in [0.3, 0.4) is 0 Å². The first-order chi connectivity index (χ1) is 33.7. The molecule has 3 unspecified atom stereocenters. The van der Waals surface area contributed by atoms with Crippen LogP contribution in [0.25, 0.3) is 0 Å². The third kappa shape index (κ3) is 8.57. The van der Waals surface area contributed by atoms with Gasteiger partial charge in [-0.1, -0.05) is 54.6 Å². The molecule has 23 heteroatoms. The Morgan fingerprint density at radius 1 is 0.710 bits per heavy atom. The summed E-state index contributed by atoms with van der Waals surface area (Å²) in [4.78, 5) is 89.7. The lowest BCUT2D eigenvalue weighted by atomic mass is 9.79. The van der Waals surface area contributed by atoms with Crippen molar-refractivity contribution in [2.45, 2.75) is 67.5 Å². The minimum Gasteiger partial charge on any atom is -0.497 e. The van der Waals surface area contributed by atoms with Gasteiger partial charge in [-0.2, -0.15) is 0 Å². The number of nitrogens with zero attached hydrogens (tertiary/aromatic N) is 4. The summed E-state index contributed by atoms with van der Waals surface area (Å²) in [6, 6.07) is 24.2. The van der Waals surface area contributed by atoms with Crippen molar-refractivity contribution < 1.29 is 61.0 Å². The molecule has 0 saturated carbocycles. The highest BCUT2D eigenvalue weighted by Crippen LogP contribution is 2.48. The number of fused-ring (bicyclic) bond motifs is 4. The molecule has 69 heavy (non-hydrogen) atoms. The number of aliphatic hydroxyl groups is 3. The lowest BCUT2D eigenvalue weighted by Crippen LogP contribution is -2.63. The number of hydroxylamine groups is 4. The van der Waals surface area contributed by atoms with E-state index in [-0.39, 0.29) is 11.1 Å². The van der Waals surface area contributed by atoms with Crippen molar-refractivity contribution >= 4 is 23.4 Å². The Hall–Kier alpha value is -6.47. The van der Waals surface area contributed by atoms with Crippen LogP contribution in [0.2, 0.25) is 0 Å². The van der Waals surface area contributed by atoms with Crippen LogP contribution in [-0.4, -0.2) is 140 Å². The largest absolute Gasteiger partial charge is 0.497 e. The number of nitrogens with one attached hydrogen (secondary N) is 2. The normalized spacial score (nSPS) is 26.8. The molecule has 4 aliphatic heterocycles. The Kier molecular flexibility index (Phi) is 13.7. The van der Waals surface area contributed by atoms with Crippen LogP contribution < -0.4 is 32.0 Å². The van der Waals surface area contributed by atoms with Gasteiger partial charge in [0.15, 0.2) is 24.7 Å². The maximum atomic E-state index is 13.8. The number of hydrogen-bond donors (Lipinski definition) is 5. The predicted molar refractivity (Wildman–Crippen MR) is 242 cm³/mol. The maximum absolute atomic E-state index is 13.8. The number of likely N-dealkylation sites (N-methyl/N-ethyl adjacent to an activating group) is 2. The molecule has 22 nitrogen and oxygen atoms in total. The second-order valence-electron chi connectivity index (χ2n) is 16.3. The SMILES string of the molecule is COc1ccc(C(OC[C@]23O[C@@H](n4cc(C)c(=O)[nH]c4=O)[C@@H](ON(C)C2=O)C3O)(c2ccccc2)c2ccc(OC)cc2)cc1.Cc1cn([C@@H]2O[C@@]3(CO)C(=O)N(C)O[C@H]2C3O)c(=O)[nH]c1=O.[2H]C([3H])Cl. The van der Waals surface area contributed by atoms with Crippen molar-refractivity contribution in [1.82, 2.24) is 29.2 Å². The van der Waals surface area contributed by atoms with Gasteiger partial charge in [0.1, 0.15) is 29.3 Å². The second kappa shape index (κ2) is 19.9. The minimum atomic E-state index is -1.98. The molecule has 6 heterocycles. The van der Waals surface area contributed by atoms with Gasteiger partial charge in [0.2, 0.25) is 11.2 Å². The Morgan fingerprint density at radius 2 is 1.10 bits per heavy atom. The summed E-state index contributed by atoms with van der Waals surface area (Å²) >= 11 is 4.61. The van der Waals surface area contributed by atoms with Crippen molar-refractivity contribution in [1.29, 1.82) is 0 Å². The van der Waals surface area contributed by atoms with Crippen LogP contribution in [0.4, 0.5) is 0 Å². The van der Waals surface area contributed by atoms with Crippen LogP contribution in [0.5, 0.6) is 11.5 Å². The number of benzene rings is 3. The summed E-state index contributed by atoms with van der Waals surface area (Å²) < 4.78 is 43.7. The average molecular weight is 982 g/mol. The van der Waals surface area contributed by atoms with Crippen molar-refractivity contribution in [2.75, 3.05) is 47.9 Å². The van der Waals surface area contributed by atoms with Gasteiger partial charge in [0, 0.05) is 46.7 Å². The molecule has 2 amide bonds. The summed E-state index contributed by atoms with van der Waals surface area (Å²) in [5.41, 5.74) is -5.23. The van der Waals surface area contributed by atoms with Gasteiger partial charge in [-0.25, -0.2) is 19.7 Å². The van der Waals surface area contributed by atoms with E-state index in [0.29, 0.717) is 22.6 Å². The molecule has 2 aromatic heterocycles. The summed E-state index contributed by atoms with van der Waals surface area (Å²) in [5, 5.41) is 33.3. The van der Waals surface area contributed by atoms with E-state index in [2.05, 4.69) is 21.6 Å². The number of alkyl halides is 1. The third-order valence-corrected chi connectivity index (χ3v) is 12.4. The fourth-order valence-electron chi connectivity index (χ4n) is 8.76. The van der Waals surface area contributed by atoms with Crippen molar-refractivity contribution in [3.8, 4) is 11.5 Å². The third-order valence-electron chi connectivity index (χ3n) is 12.4. The van der Waals surface area contributed by atoms with Crippen molar-refractivity contribution in [3.05, 3.63) is 161 Å². The molecule has 4 saturated heterocycles. The number of aliphatic hydroxyl groups excluding tert-OH is 3. The first-order valence-corrected chi connectivity index (χ1v) is 21.5. The predicted octanol–water partition coefficient (Wildman–Crippen LogP) is 0.365. The average Bonchev–Trinajstić information content (AvgIpc) is 3.70. The van der Waals surface area contributed by atoms with E-state index in [9.17, 15) is 44.1 Å². The van der Waals surface area contributed by atoms with Crippen LogP contribution in [0, 0.1) is 13.8 Å². The molecule has 4 aliphatic rings. The van der Waals surface area contributed by atoms with E-state index < -0.39 is 108 Å². The van der Waals surface area contributed by atoms with Gasteiger partial charge in [0.05, 0.1) is 27.4 Å². The van der Waals surface area contributed by atoms with Crippen LogP contribution in [0.1, 0.15) is 43.0 Å². The molecule has 0 radical (unpaired) electrons. The molecule has 9 rings (SSSR count). The van der Waals surface area contributed by atoms with E-state index in [1.807, 2.05) is 78.9 Å². The standard InChI is InChI=1S/C33H33N3O9.C12H15N3O7.CH3Cl/c1-20-18-36(31(40)34-28(20)38)29-26-27(37)32(44-29,30(39)35(2)45-26)19-43-33(21-8-6-5-7-9-21,22-10-14-24(41-3)15-11-22)23-12-16-25(42-4)17-13-23;1-5-3-15(11(20)13-8(5)18)9-6-7(17)12(4-16,21-9)10(19)14(2)22-6;1-2/h5-18,26-27,29,37H,19H2,1-4H3,(H,34,38,40);3,6-7,9,16-17H,4H2,1-2H3,(H,13,18,20);1H3/t26-,27?,29+,32+;6-,7?,9+,12+;/m00./s1/i;;1TD. The number of carbonyl (C=O) groups is 2. The number of H-pyrrole nitrogens is 2. The Labute approximate surface area is 400 Å². The molecule has 5 N–H and O–H groups in total. The van der Waals surface area contributed by atoms with Gasteiger partial charge in [-0.05, 0) is 54.8 Å². The highest BCUT2D eigenvalue weighted by molar-refractivity contribution is 6.15. The number of aryl methyl sites for hydroxylation is 2. The molecule has 5 aromatic rings. The number of hydrogen-bond acceptors (Lipinski definition) is 16. The number of aromatic nitrogens is 4. The highest BCUT2D eigenvalue weighted by Gasteiger charge is 2.67. The smallest absolute Gasteiger partial charge is 0.330 e. The topological polar surface area (TPSA) is 276 Å². The van der Waals surface area contributed by atoms with Crippen LogP contribution in [-0.2, 0) is 39.1 Å². The quantitative estimate of drug-likeness (QED) is 0.0883. The van der Waals surface area contributed by atoms with Crippen LogP contribution in [0.15, 0.2) is 110 Å². The number of ether oxygens (including phenoxy) is 5. The van der Waals surface area contributed by atoms with Crippen molar-refractivity contribution in [3.63, 3.8) is 0 Å². The first-order valence-electron chi connectivity index (χ1n) is 22.2. The van der Waals surface area contributed by atoms with E-state index in [1.165, 1.54) is 40.3 Å². The zero-order chi connectivity index (χ0) is 51.7. The monoisotopic (exact) mass is 981 g/mol. The molecule has 368 valence electrons. The lowest BCUT2D eigenvalue weighted by Gasteiger charge is -2.42. The fourth-order valence-corrected chi connectivity index (χ4v) is 8.76. The van der Waals surface area contributed by atoms with Gasteiger partial charge in [0.25, 0.3) is 22.9 Å². The molecular formula is C46H51ClN6O16. The minimum absolute atomic E-state index is 0.237. The molecule has 0 aliphatic carbocycles. The lowest BCUT2D eigenvalue weighted by molar-refractivity contribution is -0.249. The second-order valence-corrected chi connectivity index (χ2v) is 16.3. The Balaban J connectivity index is 0.000000237. The van der Waals surface area contributed by atoms with E-state index in [1.54, 1.807) is 14.2 Å².